The Morgan fingerprint density at radius 3 is 1.60 bits per heavy atom. The SMILES string of the molecule is CC1(C)c2cc(-c3ccccc3)ccc2-c2cc3c(cc21)-c1ccc(-c2ccccc2)c2cccc(c12)C3(C)C. The van der Waals surface area contributed by atoms with Gasteiger partial charge in [0, 0.05) is 10.8 Å². The lowest BCUT2D eigenvalue weighted by Gasteiger charge is -2.36. The molecule has 0 heterocycles. The van der Waals surface area contributed by atoms with Crippen LogP contribution in [0.2, 0.25) is 0 Å². The van der Waals surface area contributed by atoms with Gasteiger partial charge in [0.15, 0.2) is 0 Å². The zero-order valence-electron chi connectivity index (χ0n) is 23.5. The Kier molecular flexibility index (Phi) is 4.73. The molecule has 0 saturated heterocycles. The van der Waals surface area contributed by atoms with Crippen molar-refractivity contribution in [1.29, 1.82) is 0 Å². The Morgan fingerprint density at radius 2 is 0.900 bits per heavy atom. The summed E-state index contributed by atoms with van der Waals surface area (Å²) < 4.78 is 0. The quantitative estimate of drug-likeness (QED) is 0.216. The maximum absolute atomic E-state index is 2.53. The average molecular weight is 513 g/mol. The maximum atomic E-state index is 2.53. The predicted molar refractivity (Wildman–Crippen MR) is 170 cm³/mol. The Morgan fingerprint density at radius 1 is 0.350 bits per heavy atom. The third-order valence-corrected chi connectivity index (χ3v) is 9.68. The molecule has 0 radical (unpaired) electrons. The zero-order valence-corrected chi connectivity index (χ0v) is 23.5. The number of rotatable bonds is 2. The smallest absolute Gasteiger partial charge is 0.0159 e. The van der Waals surface area contributed by atoms with Crippen LogP contribution in [0.4, 0.5) is 0 Å². The molecule has 40 heavy (non-hydrogen) atoms. The van der Waals surface area contributed by atoms with Crippen molar-refractivity contribution in [3.8, 4) is 44.5 Å². The highest BCUT2D eigenvalue weighted by Gasteiger charge is 2.40. The second kappa shape index (κ2) is 8.05. The minimum absolute atomic E-state index is 0.0747. The lowest BCUT2D eigenvalue weighted by atomic mass is 9.66. The molecular weight excluding hydrogens is 480 g/mol. The highest BCUT2D eigenvalue weighted by Crippen LogP contribution is 2.56. The normalized spacial score (nSPS) is 15.4. The van der Waals surface area contributed by atoms with Crippen LogP contribution in [0.15, 0.2) is 121 Å². The summed E-state index contributed by atoms with van der Waals surface area (Å²) in [5.74, 6) is 0. The molecule has 8 rings (SSSR count). The van der Waals surface area contributed by atoms with Gasteiger partial charge in [-0.25, -0.2) is 0 Å². The van der Waals surface area contributed by atoms with Crippen LogP contribution in [0.5, 0.6) is 0 Å². The topological polar surface area (TPSA) is 0 Å². The van der Waals surface area contributed by atoms with Crippen molar-refractivity contribution in [3.05, 3.63) is 144 Å². The van der Waals surface area contributed by atoms with Gasteiger partial charge in [0.05, 0.1) is 0 Å². The van der Waals surface area contributed by atoms with Crippen molar-refractivity contribution in [2.45, 2.75) is 38.5 Å². The van der Waals surface area contributed by atoms with E-state index in [2.05, 4.69) is 149 Å². The van der Waals surface area contributed by atoms with E-state index in [1.165, 1.54) is 77.5 Å². The van der Waals surface area contributed by atoms with E-state index in [9.17, 15) is 0 Å². The summed E-state index contributed by atoms with van der Waals surface area (Å²) in [6.07, 6.45) is 0. The maximum Gasteiger partial charge on any atom is 0.0159 e. The van der Waals surface area contributed by atoms with Crippen molar-refractivity contribution in [2.24, 2.45) is 0 Å². The molecule has 0 aromatic heterocycles. The number of fused-ring (bicyclic) bond motifs is 5. The van der Waals surface area contributed by atoms with Gasteiger partial charge in [0.2, 0.25) is 0 Å². The fourth-order valence-electron chi connectivity index (χ4n) is 7.50. The van der Waals surface area contributed by atoms with Gasteiger partial charge < -0.3 is 0 Å². The largest absolute Gasteiger partial charge is 0.0622 e. The minimum Gasteiger partial charge on any atom is -0.0622 e. The molecule has 0 nitrogen and oxygen atoms in total. The second-order valence-corrected chi connectivity index (χ2v) is 12.6. The van der Waals surface area contributed by atoms with Gasteiger partial charge in [0.25, 0.3) is 0 Å². The van der Waals surface area contributed by atoms with Crippen molar-refractivity contribution in [2.75, 3.05) is 0 Å². The number of hydrogen-bond donors (Lipinski definition) is 0. The summed E-state index contributed by atoms with van der Waals surface area (Å²) in [6, 6.07) is 45.3. The van der Waals surface area contributed by atoms with E-state index in [0.29, 0.717) is 0 Å². The van der Waals surface area contributed by atoms with Crippen molar-refractivity contribution >= 4 is 10.8 Å². The van der Waals surface area contributed by atoms with Crippen molar-refractivity contribution in [1.82, 2.24) is 0 Å². The summed E-state index contributed by atoms with van der Waals surface area (Å²) in [6.45, 7) is 9.61. The van der Waals surface area contributed by atoms with Gasteiger partial charge in [-0.1, -0.05) is 131 Å². The van der Waals surface area contributed by atoms with E-state index in [-0.39, 0.29) is 10.8 Å². The molecule has 2 aliphatic carbocycles. The van der Waals surface area contributed by atoms with E-state index < -0.39 is 0 Å². The van der Waals surface area contributed by atoms with Gasteiger partial charge in [-0.3, -0.25) is 0 Å². The molecule has 0 fully saturated rings. The van der Waals surface area contributed by atoms with Crippen LogP contribution in [0.25, 0.3) is 55.3 Å². The van der Waals surface area contributed by atoms with Crippen molar-refractivity contribution in [3.63, 3.8) is 0 Å². The molecule has 2 aliphatic rings. The molecule has 0 bridgehead atoms. The number of benzene rings is 6. The summed E-state index contributed by atoms with van der Waals surface area (Å²) in [4.78, 5) is 0. The first-order valence-corrected chi connectivity index (χ1v) is 14.4. The Labute approximate surface area is 237 Å². The molecule has 0 unspecified atom stereocenters. The zero-order chi connectivity index (χ0) is 27.2. The van der Waals surface area contributed by atoms with E-state index in [0.717, 1.165) is 0 Å². The standard InChI is InChI=1S/C40H32/c1-39(2)34-17-11-16-30-28(26-14-9-6-10-15-26)20-21-31(38(30)34)33-24-36-32(23-37(33)39)29-19-18-27(22-35(29)40(36,3)4)25-12-7-5-8-13-25/h5-24H,1-4H3. The molecule has 0 aliphatic heterocycles. The fourth-order valence-corrected chi connectivity index (χ4v) is 7.50. The molecule has 0 saturated carbocycles. The molecule has 0 amide bonds. The first-order valence-electron chi connectivity index (χ1n) is 14.4. The van der Waals surface area contributed by atoms with Gasteiger partial charge in [-0.15, -0.1) is 0 Å². The molecule has 0 heteroatoms. The molecule has 6 aromatic carbocycles. The van der Waals surface area contributed by atoms with Gasteiger partial charge in [-0.2, -0.15) is 0 Å². The predicted octanol–water partition coefficient (Wildman–Crippen LogP) is 10.8. The van der Waals surface area contributed by atoms with Crippen molar-refractivity contribution < 1.29 is 0 Å². The Hall–Kier alpha value is -4.42. The monoisotopic (exact) mass is 512 g/mol. The molecule has 192 valence electrons. The van der Waals surface area contributed by atoms with Crippen LogP contribution in [-0.4, -0.2) is 0 Å². The van der Waals surface area contributed by atoms with Crippen LogP contribution < -0.4 is 0 Å². The number of hydrogen-bond acceptors (Lipinski definition) is 0. The Bertz CT molecular complexity index is 1970. The molecule has 6 aromatic rings. The van der Waals surface area contributed by atoms with Crippen LogP contribution in [0.1, 0.15) is 49.9 Å². The summed E-state index contributed by atoms with van der Waals surface area (Å²) in [5, 5.41) is 2.75. The lowest BCUT2D eigenvalue weighted by molar-refractivity contribution is 0.639. The van der Waals surface area contributed by atoms with E-state index in [1.807, 2.05) is 0 Å². The summed E-state index contributed by atoms with van der Waals surface area (Å²) >= 11 is 0. The Balaban J connectivity index is 1.38. The van der Waals surface area contributed by atoms with E-state index in [1.54, 1.807) is 0 Å². The summed E-state index contributed by atoms with van der Waals surface area (Å²) in [7, 11) is 0. The highest BCUT2D eigenvalue weighted by atomic mass is 14.4. The third-order valence-electron chi connectivity index (χ3n) is 9.68. The van der Waals surface area contributed by atoms with Crippen LogP contribution in [0.3, 0.4) is 0 Å². The van der Waals surface area contributed by atoms with E-state index >= 15 is 0 Å². The minimum atomic E-state index is -0.108. The first-order chi connectivity index (χ1) is 19.4. The second-order valence-electron chi connectivity index (χ2n) is 12.6. The third kappa shape index (κ3) is 3.08. The molecule has 0 atom stereocenters. The summed E-state index contributed by atoms with van der Waals surface area (Å²) in [5.41, 5.74) is 16.2. The van der Waals surface area contributed by atoms with Gasteiger partial charge in [-0.05, 0) is 95.7 Å². The first kappa shape index (κ1) is 23.5. The lowest BCUT2D eigenvalue weighted by Crippen LogP contribution is -2.24. The van der Waals surface area contributed by atoms with Crippen LogP contribution >= 0.6 is 0 Å². The molecule has 0 spiro atoms. The molecular formula is C40H32. The average Bonchev–Trinajstić information content (AvgIpc) is 3.21. The van der Waals surface area contributed by atoms with E-state index in [4.69, 9.17) is 0 Å². The fraction of sp³-hybridized carbons (Fsp3) is 0.150. The molecule has 0 N–H and O–H groups in total. The highest BCUT2D eigenvalue weighted by molar-refractivity contribution is 6.10. The van der Waals surface area contributed by atoms with Gasteiger partial charge in [0.1, 0.15) is 0 Å². The van der Waals surface area contributed by atoms with Gasteiger partial charge >= 0.3 is 0 Å². The van der Waals surface area contributed by atoms with Crippen LogP contribution in [0, 0.1) is 0 Å². The van der Waals surface area contributed by atoms with Crippen LogP contribution in [-0.2, 0) is 10.8 Å².